The summed E-state index contributed by atoms with van der Waals surface area (Å²) in [7, 11) is 1.61. The van der Waals surface area contributed by atoms with Crippen LogP contribution in [0.4, 0.5) is 0 Å². The van der Waals surface area contributed by atoms with Crippen LogP contribution in [-0.4, -0.2) is 42.5 Å². The highest BCUT2D eigenvalue weighted by Crippen LogP contribution is 2.19. The Bertz CT molecular complexity index is 1130. The van der Waals surface area contributed by atoms with Gasteiger partial charge >= 0.3 is 0 Å². The van der Waals surface area contributed by atoms with Crippen molar-refractivity contribution in [3.63, 3.8) is 0 Å². The average molecular weight is 489 g/mol. The van der Waals surface area contributed by atoms with E-state index >= 15 is 0 Å². The summed E-state index contributed by atoms with van der Waals surface area (Å²) in [4.78, 5) is 28.8. The zero-order valence-electron chi connectivity index (χ0n) is 21.6. The van der Waals surface area contributed by atoms with E-state index < -0.39 is 6.04 Å². The van der Waals surface area contributed by atoms with Gasteiger partial charge in [-0.05, 0) is 61.2 Å². The second kappa shape index (κ2) is 13.3. The molecule has 36 heavy (non-hydrogen) atoms. The minimum Gasteiger partial charge on any atom is -0.497 e. The fraction of sp³-hybridized carbons (Fsp3) is 0.333. The van der Waals surface area contributed by atoms with Crippen LogP contribution in [0.5, 0.6) is 11.5 Å². The van der Waals surface area contributed by atoms with E-state index in [0.717, 1.165) is 23.1 Å². The molecule has 190 valence electrons. The summed E-state index contributed by atoms with van der Waals surface area (Å²) in [6.45, 7) is 6.03. The molecule has 1 N–H and O–H groups in total. The van der Waals surface area contributed by atoms with Crippen LogP contribution < -0.4 is 14.8 Å². The van der Waals surface area contributed by atoms with Gasteiger partial charge in [0.2, 0.25) is 5.91 Å². The minimum absolute atomic E-state index is 0.00640. The van der Waals surface area contributed by atoms with Crippen molar-refractivity contribution in [1.82, 2.24) is 10.2 Å². The molecule has 3 aromatic carbocycles. The Morgan fingerprint density at radius 1 is 0.917 bits per heavy atom. The van der Waals surface area contributed by atoms with Crippen molar-refractivity contribution in [2.24, 2.45) is 0 Å². The lowest BCUT2D eigenvalue weighted by atomic mass is 10.0. The molecule has 3 aromatic rings. The van der Waals surface area contributed by atoms with E-state index in [1.807, 2.05) is 99.6 Å². The normalized spacial score (nSPS) is 12.3. The molecule has 6 nitrogen and oxygen atoms in total. The Kier molecular flexibility index (Phi) is 9.92. The van der Waals surface area contributed by atoms with E-state index in [1.54, 1.807) is 12.0 Å². The van der Waals surface area contributed by atoms with Gasteiger partial charge in [0.1, 0.15) is 17.5 Å². The maximum Gasteiger partial charge on any atom is 0.261 e. The predicted octanol–water partition coefficient (Wildman–Crippen LogP) is 4.94. The van der Waals surface area contributed by atoms with Gasteiger partial charge < -0.3 is 19.7 Å². The Morgan fingerprint density at radius 3 is 2.31 bits per heavy atom. The lowest BCUT2D eigenvalue weighted by molar-refractivity contribution is -0.143. The first-order valence-electron chi connectivity index (χ1n) is 12.4. The van der Waals surface area contributed by atoms with Gasteiger partial charge in [0, 0.05) is 19.0 Å². The van der Waals surface area contributed by atoms with Crippen LogP contribution in [0.1, 0.15) is 37.0 Å². The summed E-state index contributed by atoms with van der Waals surface area (Å²) in [6.07, 6.45) is 1.19. The molecule has 0 fully saturated rings. The molecule has 0 aliphatic heterocycles. The van der Waals surface area contributed by atoms with Gasteiger partial charge in [0.25, 0.3) is 5.91 Å². The lowest BCUT2D eigenvalue weighted by Crippen LogP contribution is -2.53. The van der Waals surface area contributed by atoms with E-state index in [-0.39, 0.29) is 31.0 Å². The Labute approximate surface area is 214 Å². The van der Waals surface area contributed by atoms with Crippen LogP contribution in [0.25, 0.3) is 0 Å². The maximum atomic E-state index is 13.6. The molecule has 2 amide bonds. The number of nitrogens with zero attached hydrogens (tertiary/aromatic N) is 1. The quantitative estimate of drug-likeness (QED) is 0.392. The summed E-state index contributed by atoms with van der Waals surface area (Å²) in [5, 5.41) is 3.08. The van der Waals surface area contributed by atoms with Gasteiger partial charge in [-0.15, -0.1) is 0 Å². The zero-order chi connectivity index (χ0) is 25.9. The summed E-state index contributed by atoms with van der Waals surface area (Å²) in [5.74, 6) is 0.868. The second-order valence-corrected chi connectivity index (χ2v) is 9.00. The van der Waals surface area contributed by atoms with Gasteiger partial charge in [-0.3, -0.25) is 9.59 Å². The first-order valence-corrected chi connectivity index (χ1v) is 12.4. The minimum atomic E-state index is -0.707. The molecule has 6 heteroatoms. The highest BCUT2D eigenvalue weighted by molar-refractivity contribution is 5.88. The smallest absolute Gasteiger partial charge is 0.261 e. The number of nitrogens with one attached hydrogen (secondary N) is 1. The van der Waals surface area contributed by atoms with Gasteiger partial charge in [0.05, 0.1) is 7.11 Å². The summed E-state index contributed by atoms with van der Waals surface area (Å²) in [5.41, 5.74) is 2.89. The third-order valence-corrected chi connectivity index (χ3v) is 6.11. The molecular weight excluding hydrogens is 452 g/mol. The maximum absolute atomic E-state index is 13.6. The van der Waals surface area contributed by atoms with Crippen molar-refractivity contribution in [2.75, 3.05) is 13.7 Å². The van der Waals surface area contributed by atoms with Gasteiger partial charge in [-0.2, -0.15) is 0 Å². The molecule has 0 aliphatic rings. The lowest BCUT2D eigenvalue weighted by Gasteiger charge is -2.32. The molecule has 2 atom stereocenters. The number of methoxy groups -OCH3 is 1. The van der Waals surface area contributed by atoms with Crippen molar-refractivity contribution in [3.8, 4) is 11.5 Å². The molecule has 0 bridgehead atoms. The van der Waals surface area contributed by atoms with Crippen LogP contribution in [0.15, 0.2) is 78.9 Å². The van der Waals surface area contributed by atoms with Gasteiger partial charge in [0.15, 0.2) is 6.61 Å². The number of hydrogen-bond donors (Lipinski definition) is 1. The predicted molar refractivity (Wildman–Crippen MR) is 142 cm³/mol. The van der Waals surface area contributed by atoms with E-state index in [4.69, 9.17) is 9.47 Å². The Morgan fingerprint density at radius 2 is 1.61 bits per heavy atom. The molecular formula is C30H36N2O4. The fourth-order valence-corrected chi connectivity index (χ4v) is 3.90. The highest BCUT2D eigenvalue weighted by Gasteiger charge is 2.31. The van der Waals surface area contributed by atoms with Crippen LogP contribution in [0.3, 0.4) is 0 Å². The number of benzene rings is 3. The molecule has 0 saturated heterocycles. The van der Waals surface area contributed by atoms with Crippen LogP contribution in [-0.2, 0) is 22.6 Å². The van der Waals surface area contributed by atoms with Crippen molar-refractivity contribution in [2.45, 2.75) is 52.2 Å². The molecule has 3 rings (SSSR count). The zero-order valence-corrected chi connectivity index (χ0v) is 21.6. The van der Waals surface area contributed by atoms with Crippen molar-refractivity contribution < 1.29 is 19.1 Å². The number of carbonyl (C=O) groups is 2. The van der Waals surface area contributed by atoms with E-state index in [9.17, 15) is 9.59 Å². The fourth-order valence-electron chi connectivity index (χ4n) is 3.90. The standard InChI is InChI=1S/C30H36N2O4/c1-5-23(3)31-30(34)28(19-24-12-7-6-8-13-24)32(20-25-14-10-15-26(18-25)35-4)29(33)21-36-27-16-9-11-22(2)17-27/h6-18,23,28H,5,19-21H2,1-4H3,(H,31,34)/t23-,28+/m1/s1. The Hall–Kier alpha value is -3.80. The Balaban J connectivity index is 1.93. The first kappa shape index (κ1) is 26.8. The SMILES string of the molecule is CC[C@@H](C)NC(=O)[C@H](Cc1ccccc1)N(Cc1cccc(OC)c1)C(=O)COc1cccc(C)c1. The monoisotopic (exact) mass is 488 g/mol. The number of carbonyl (C=O) groups excluding carboxylic acids is 2. The molecule has 0 spiro atoms. The molecule has 0 radical (unpaired) electrons. The number of aryl methyl sites for hydroxylation is 1. The molecule has 0 unspecified atom stereocenters. The summed E-state index contributed by atoms with van der Waals surface area (Å²) < 4.78 is 11.2. The van der Waals surface area contributed by atoms with Crippen molar-refractivity contribution >= 4 is 11.8 Å². The molecule has 0 aliphatic carbocycles. The molecule has 0 aromatic heterocycles. The molecule has 0 heterocycles. The molecule has 0 saturated carbocycles. The van der Waals surface area contributed by atoms with Crippen molar-refractivity contribution in [3.05, 3.63) is 95.6 Å². The second-order valence-electron chi connectivity index (χ2n) is 9.00. The van der Waals surface area contributed by atoms with Crippen LogP contribution >= 0.6 is 0 Å². The van der Waals surface area contributed by atoms with E-state index in [1.165, 1.54) is 0 Å². The highest BCUT2D eigenvalue weighted by atomic mass is 16.5. The van der Waals surface area contributed by atoms with Gasteiger partial charge in [-0.25, -0.2) is 0 Å². The number of hydrogen-bond acceptors (Lipinski definition) is 4. The van der Waals surface area contributed by atoms with E-state index in [0.29, 0.717) is 17.9 Å². The third-order valence-electron chi connectivity index (χ3n) is 6.11. The first-order chi connectivity index (χ1) is 17.4. The number of rotatable bonds is 12. The van der Waals surface area contributed by atoms with Crippen molar-refractivity contribution in [1.29, 1.82) is 0 Å². The number of ether oxygens (including phenoxy) is 2. The third kappa shape index (κ3) is 7.87. The number of amides is 2. The summed E-state index contributed by atoms with van der Waals surface area (Å²) in [6, 6.07) is 24.2. The largest absolute Gasteiger partial charge is 0.497 e. The van der Waals surface area contributed by atoms with Crippen LogP contribution in [0, 0.1) is 6.92 Å². The topological polar surface area (TPSA) is 67.9 Å². The van der Waals surface area contributed by atoms with Crippen LogP contribution in [0.2, 0.25) is 0 Å². The average Bonchev–Trinajstić information content (AvgIpc) is 2.89. The van der Waals surface area contributed by atoms with Gasteiger partial charge in [-0.1, -0.05) is 61.5 Å². The summed E-state index contributed by atoms with van der Waals surface area (Å²) >= 11 is 0. The van der Waals surface area contributed by atoms with E-state index in [2.05, 4.69) is 5.32 Å².